The van der Waals surface area contributed by atoms with Crippen molar-refractivity contribution >= 4 is 17.7 Å². The van der Waals surface area contributed by atoms with Crippen molar-refractivity contribution in [2.45, 2.75) is 50.2 Å². The number of aryl methyl sites for hydroxylation is 1. The van der Waals surface area contributed by atoms with E-state index in [0.717, 1.165) is 42.3 Å². The zero-order valence-electron chi connectivity index (χ0n) is 12.7. The third-order valence-corrected chi connectivity index (χ3v) is 4.89. The maximum atomic E-state index is 12.1. The van der Waals surface area contributed by atoms with Gasteiger partial charge in [-0.15, -0.1) is 0 Å². The Kier molecular flexibility index (Phi) is 5.58. The molecule has 6 heteroatoms. The highest BCUT2D eigenvalue weighted by Crippen LogP contribution is 2.38. The van der Waals surface area contributed by atoms with E-state index in [4.69, 9.17) is 10.5 Å². The van der Waals surface area contributed by atoms with Crippen LogP contribution in [0.3, 0.4) is 0 Å². The lowest BCUT2D eigenvalue weighted by molar-refractivity contribution is -0.151. The number of nitrogens with two attached hydrogens (primary N) is 1. The molecule has 0 spiro atoms. The molecular weight excluding hydrogens is 286 g/mol. The Balaban J connectivity index is 1.88. The molecule has 1 aliphatic rings. The summed E-state index contributed by atoms with van der Waals surface area (Å²) in [6.45, 7) is 4.15. The van der Waals surface area contributed by atoms with Crippen molar-refractivity contribution in [1.82, 2.24) is 9.97 Å². The predicted molar refractivity (Wildman–Crippen MR) is 83.0 cm³/mol. The highest BCUT2D eigenvalue weighted by molar-refractivity contribution is 7.99. The quantitative estimate of drug-likeness (QED) is 0.493. The number of nitrogens with zero attached hydrogens (tertiary/aromatic N) is 2. The smallest absolute Gasteiger partial charge is 0.326 e. The van der Waals surface area contributed by atoms with E-state index in [0.29, 0.717) is 6.61 Å². The van der Waals surface area contributed by atoms with Crippen molar-refractivity contribution in [1.29, 1.82) is 0 Å². The van der Waals surface area contributed by atoms with Gasteiger partial charge in [0, 0.05) is 17.6 Å². The van der Waals surface area contributed by atoms with Gasteiger partial charge in [-0.1, -0.05) is 18.2 Å². The summed E-state index contributed by atoms with van der Waals surface area (Å²) in [4.78, 5) is 20.7. The molecule has 0 aliphatic heterocycles. The van der Waals surface area contributed by atoms with Crippen LogP contribution in [0.1, 0.15) is 38.3 Å². The third kappa shape index (κ3) is 3.95. The van der Waals surface area contributed by atoms with E-state index < -0.39 is 5.54 Å². The van der Waals surface area contributed by atoms with Crippen LogP contribution in [0.15, 0.2) is 17.4 Å². The first-order valence-electron chi connectivity index (χ1n) is 7.45. The van der Waals surface area contributed by atoms with Gasteiger partial charge in [-0.3, -0.25) is 4.79 Å². The number of hydrogen-bond acceptors (Lipinski definition) is 6. The van der Waals surface area contributed by atoms with Gasteiger partial charge in [0.25, 0.3) is 0 Å². The number of thioether (sulfide) groups is 1. The second-order valence-corrected chi connectivity index (χ2v) is 6.53. The molecule has 1 saturated carbocycles. The number of rotatable bonds is 6. The zero-order valence-corrected chi connectivity index (χ0v) is 13.5. The van der Waals surface area contributed by atoms with Gasteiger partial charge in [0.15, 0.2) is 5.16 Å². The second-order valence-electron chi connectivity index (χ2n) is 5.47. The van der Waals surface area contributed by atoms with Crippen LogP contribution in [0.5, 0.6) is 0 Å². The molecule has 0 radical (unpaired) electrons. The molecule has 2 rings (SSSR count). The summed E-state index contributed by atoms with van der Waals surface area (Å²) in [7, 11) is 0. The number of ether oxygens (including phenoxy) is 1. The molecule has 2 atom stereocenters. The SMILES string of the molecule is CCOC(=O)C1(N)CCCC1CCSc1nccc(C)n1. The average Bonchev–Trinajstić information content (AvgIpc) is 2.82. The molecule has 0 amide bonds. The number of hydrogen-bond donors (Lipinski definition) is 1. The van der Waals surface area contributed by atoms with Crippen LogP contribution in [0, 0.1) is 12.8 Å². The first-order valence-corrected chi connectivity index (χ1v) is 8.43. The minimum atomic E-state index is -0.802. The third-order valence-electron chi connectivity index (χ3n) is 4.00. The van der Waals surface area contributed by atoms with Crippen LogP contribution < -0.4 is 5.73 Å². The summed E-state index contributed by atoms with van der Waals surface area (Å²) in [5.74, 6) is 0.810. The molecule has 1 fully saturated rings. The van der Waals surface area contributed by atoms with Crippen LogP contribution in [-0.4, -0.2) is 33.8 Å². The lowest BCUT2D eigenvalue weighted by Gasteiger charge is -2.28. The first-order chi connectivity index (χ1) is 10.1. The topological polar surface area (TPSA) is 78.1 Å². The minimum absolute atomic E-state index is 0.189. The summed E-state index contributed by atoms with van der Waals surface area (Å²) in [6, 6.07) is 1.88. The monoisotopic (exact) mass is 309 g/mol. The van der Waals surface area contributed by atoms with E-state index in [9.17, 15) is 4.79 Å². The van der Waals surface area contributed by atoms with Crippen LogP contribution in [0.25, 0.3) is 0 Å². The molecule has 2 N–H and O–H groups in total. The number of carbonyl (C=O) groups is 1. The van der Waals surface area contributed by atoms with Crippen LogP contribution in [0.4, 0.5) is 0 Å². The van der Waals surface area contributed by atoms with Crippen molar-refractivity contribution in [3.63, 3.8) is 0 Å². The predicted octanol–water partition coefficient (Wildman–Crippen LogP) is 2.33. The summed E-state index contributed by atoms with van der Waals surface area (Å²) in [5, 5.41) is 0.784. The highest BCUT2D eigenvalue weighted by atomic mass is 32.2. The molecule has 1 heterocycles. The fraction of sp³-hybridized carbons (Fsp3) is 0.667. The molecule has 1 aromatic heterocycles. The Hall–Kier alpha value is -1.14. The minimum Gasteiger partial charge on any atom is -0.465 e. The number of aromatic nitrogens is 2. The fourth-order valence-corrected chi connectivity index (χ4v) is 3.76. The highest BCUT2D eigenvalue weighted by Gasteiger charge is 2.46. The van der Waals surface area contributed by atoms with Gasteiger partial charge < -0.3 is 10.5 Å². The molecule has 2 unspecified atom stereocenters. The van der Waals surface area contributed by atoms with Gasteiger partial charge in [0.05, 0.1) is 6.61 Å². The van der Waals surface area contributed by atoms with E-state index in [1.165, 1.54) is 0 Å². The molecule has 1 aliphatic carbocycles. The van der Waals surface area contributed by atoms with E-state index in [2.05, 4.69) is 9.97 Å². The largest absolute Gasteiger partial charge is 0.465 e. The van der Waals surface area contributed by atoms with Crippen LogP contribution in [0.2, 0.25) is 0 Å². The number of carbonyl (C=O) groups excluding carboxylic acids is 1. The maximum absolute atomic E-state index is 12.1. The van der Waals surface area contributed by atoms with E-state index in [1.54, 1.807) is 18.0 Å². The maximum Gasteiger partial charge on any atom is 0.326 e. The van der Waals surface area contributed by atoms with Gasteiger partial charge in [-0.05, 0) is 45.1 Å². The Labute approximate surface area is 130 Å². The van der Waals surface area contributed by atoms with Gasteiger partial charge >= 0.3 is 5.97 Å². The van der Waals surface area contributed by atoms with Crippen molar-refractivity contribution in [3.05, 3.63) is 18.0 Å². The van der Waals surface area contributed by atoms with E-state index in [-0.39, 0.29) is 11.9 Å². The van der Waals surface area contributed by atoms with Gasteiger partial charge in [0.1, 0.15) is 5.54 Å². The summed E-state index contributed by atoms with van der Waals surface area (Å²) in [5.41, 5.74) is 6.49. The lowest BCUT2D eigenvalue weighted by Crippen LogP contribution is -2.52. The molecule has 0 saturated heterocycles. The lowest BCUT2D eigenvalue weighted by atomic mass is 9.86. The fourth-order valence-electron chi connectivity index (χ4n) is 2.83. The standard InChI is InChI=1S/C15H23N3O2S/c1-3-20-13(19)15(16)8-4-5-12(15)7-10-21-14-17-9-6-11(2)18-14/h6,9,12H,3-5,7-8,10,16H2,1-2H3. The van der Waals surface area contributed by atoms with Crippen LogP contribution >= 0.6 is 11.8 Å². The summed E-state index contributed by atoms with van der Waals surface area (Å²) in [6.07, 6.45) is 5.36. The molecular formula is C15H23N3O2S. The van der Waals surface area contributed by atoms with Gasteiger partial charge in [0.2, 0.25) is 0 Å². The van der Waals surface area contributed by atoms with Crippen molar-refractivity contribution in [3.8, 4) is 0 Å². The summed E-state index contributed by atoms with van der Waals surface area (Å²) >= 11 is 1.62. The van der Waals surface area contributed by atoms with Gasteiger partial charge in [-0.25, -0.2) is 9.97 Å². The van der Waals surface area contributed by atoms with Crippen LogP contribution in [-0.2, 0) is 9.53 Å². The van der Waals surface area contributed by atoms with E-state index in [1.807, 2.05) is 19.9 Å². The van der Waals surface area contributed by atoms with Crippen molar-refractivity contribution in [2.24, 2.45) is 11.7 Å². The zero-order chi connectivity index (χ0) is 15.3. The molecule has 21 heavy (non-hydrogen) atoms. The second kappa shape index (κ2) is 7.22. The molecule has 5 nitrogen and oxygen atoms in total. The Morgan fingerprint density at radius 3 is 3.14 bits per heavy atom. The Bertz CT molecular complexity index is 498. The molecule has 0 bridgehead atoms. The average molecular weight is 309 g/mol. The summed E-state index contributed by atoms with van der Waals surface area (Å²) < 4.78 is 5.14. The Morgan fingerprint density at radius 2 is 2.43 bits per heavy atom. The molecule has 1 aromatic rings. The normalized spacial score (nSPS) is 25.0. The molecule has 0 aromatic carbocycles. The first kappa shape index (κ1) is 16.2. The van der Waals surface area contributed by atoms with Crippen molar-refractivity contribution < 1.29 is 9.53 Å². The van der Waals surface area contributed by atoms with E-state index >= 15 is 0 Å². The number of esters is 1. The Morgan fingerprint density at radius 1 is 1.62 bits per heavy atom. The molecule has 116 valence electrons. The van der Waals surface area contributed by atoms with Gasteiger partial charge in [-0.2, -0.15) is 0 Å². The van der Waals surface area contributed by atoms with Crippen molar-refractivity contribution in [2.75, 3.05) is 12.4 Å².